The first kappa shape index (κ1) is 12.3. The summed E-state index contributed by atoms with van der Waals surface area (Å²) < 4.78 is 0. The smallest absolute Gasteiger partial charge is 0.253 e. The molecule has 2 rings (SSSR count). The van der Waals surface area contributed by atoms with Crippen LogP contribution in [0.25, 0.3) is 0 Å². The highest BCUT2D eigenvalue weighted by atomic mass is 16.3. The van der Waals surface area contributed by atoms with E-state index in [1.54, 1.807) is 4.90 Å². The minimum absolute atomic E-state index is 0.0240. The average Bonchev–Trinajstić information content (AvgIpc) is 2.60. The van der Waals surface area contributed by atoms with E-state index in [9.17, 15) is 14.7 Å². The first-order chi connectivity index (χ1) is 8.09. The molecule has 0 bridgehead atoms. The summed E-state index contributed by atoms with van der Waals surface area (Å²) in [5, 5.41) is 12.5. The third-order valence-corrected chi connectivity index (χ3v) is 3.55. The zero-order chi connectivity index (χ0) is 12.4. The first-order valence-electron chi connectivity index (χ1n) is 6.09. The van der Waals surface area contributed by atoms with E-state index in [0.717, 1.165) is 12.8 Å². The number of nitrogens with one attached hydrogen (secondary N) is 1. The van der Waals surface area contributed by atoms with Gasteiger partial charge in [0, 0.05) is 31.6 Å². The molecule has 2 fully saturated rings. The van der Waals surface area contributed by atoms with E-state index in [1.165, 1.54) is 0 Å². The summed E-state index contributed by atoms with van der Waals surface area (Å²) >= 11 is 0. The van der Waals surface area contributed by atoms with Crippen LogP contribution in [-0.4, -0.2) is 53.6 Å². The van der Waals surface area contributed by atoms with Crippen molar-refractivity contribution in [3.8, 4) is 0 Å². The molecule has 6 heteroatoms. The molecule has 0 saturated carbocycles. The zero-order valence-corrected chi connectivity index (χ0v) is 9.76. The molecule has 0 aromatic heterocycles. The molecule has 6 nitrogen and oxygen atoms in total. The Morgan fingerprint density at radius 2 is 2.29 bits per heavy atom. The molecule has 3 atom stereocenters. The topological polar surface area (TPSA) is 95.7 Å². The van der Waals surface area contributed by atoms with Crippen molar-refractivity contribution in [2.24, 2.45) is 11.7 Å². The molecule has 17 heavy (non-hydrogen) atoms. The quantitative estimate of drug-likeness (QED) is 0.554. The fraction of sp³-hybridized carbons (Fsp3) is 0.818. The lowest BCUT2D eigenvalue weighted by Crippen LogP contribution is -2.53. The molecule has 2 unspecified atom stereocenters. The van der Waals surface area contributed by atoms with Gasteiger partial charge in [-0.05, 0) is 19.3 Å². The van der Waals surface area contributed by atoms with Crippen molar-refractivity contribution in [1.82, 2.24) is 10.2 Å². The van der Waals surface area contributed by atoms with Crippen LogP contribution in [-0.2, 0) is 9.59 Å². The van der Waals surface area contributed by atoms with Crippen molar-refractivity contribution in [1.29, 1.82) is 0 Å². The van der Waals surface area contributed by atoms with E-state index >= 15 is 0 Å². The van der Waals surface area contributed by atoms with E-state index in [0.29, 0.717) is 26.1 Å². The van der Waals surface area contributed by atoms with Crippen molar-refractivity contribution in [2.45, 2.75) is 31.4 Å². The number of nitrogens with zero attached hydrogens (tertiary/aromatic N) is 1. The minimum Gasteiger partial charge on any atom is -0.382 e. The second-order valence-electron chi connectivity index (χ2n) is 4.80. The van der Waals surface area contributed by atoms with Gasteiger partial charge in [0.2, 0.25) is 5.91 Å². The third-order valence-electron chi connectivity index (χ3n) is 3.55. The Morgan fingerprint density at radius 1 is 1.59 bits per heavy atom. The fourth-order valence-electron chi connectivity index (χ4n) is 2.23. The fourth-order valence-corrected chi connectivity index (χ4v) is 2.23. The van der Waals surface area contributed by atoms with Crippen molar-refractivity contribution >= 4 is 11.8 Å². The van der Waals surface area contributed by atoms with Crippen molar-refractivity contribution in [3.63, 3.8) is 0 Å². The third kappa shape index (κ3) is 2.58. The van der Waals surface area contributed by atoms with Gasteiger partial charge >= 0.3 is 0 Å². The normalized spacial score (nSPS) is 27.3. The lowest BCUT2D eigenvalue weighted by Gasteiger charge is -2.34. The second kappa shape index (κ2) is 5.01. The van der Waals surface area contributed by atoms with Gasteiger partial charge in [-0.1, -0.05) is 0 Å². The summed E-state index contributed by atoms with van der Waals surface area (Å²) in [6, 6.07) is -0.656. The number of amides is 2. The van der Waals surface area contributed by atoms with Gasteiger partial charge in [-0.2, -0.15) is 0 Å². The monoisotopic (exact) mass is 241 g/mol. The second-order valence-corrected chi connectivity index (χ2v) is 4.80. The van der Waals surface area contributed by atoms with Gasteiger partial charge < -0.3 is 21.1 Å². The Hall–Kier alpha value is -1.14. The summed E-state index contributed by atoms with van der Waals surface area (Å²) in [5.41, 5.74) is 5.80. The van der Waals surface area contributed by atoms with Crippen LogP contribution in [0.2, 0.25) is 0 Å². The van der Waals surface area contributed by atoms with E-state index in [2.05, 4.69) is 5.32 Å². The van der Waals surface area contributed by atoms with Crippen molar-refractivity contribution in [2.75, 3.05) is 19.6 Å². The number of carbonyl (C=O) groups is 2. The van der Waals surface area contributed by atoms with Crippen molar-refractivity contribution < 1.29 is 14.7 Å². The number of aliphatic hydroxyl groups excluding tert-OH is 1. The number of likely N-dealkylation sites (tertiary alicyclic amines) is 1. The number of hydrogen-bond acceptors (Lipinski definition) is 4. The van der Waals surface area contributed by atoms with E-state index in [-0.39, 0.29) is 17.7 Å². The molecule has 2 aliphatic heterocycles. The van der Waals surface area contributed by atoms with Crippen molar-refractivity contribution in [3.05, 3.63) is 0 Å². The van der Waals surface area contributed by atoms with E-state index < -0.39 is 12.1 Å². The lowest BCUT2D eigenvalue weighted by molar-refractivity contribution is -0.145. The molecule has 0 aromatic carbocycles. The molecular weight excluding hydrogens is 222 g/mol. The van der Waals surface area contributed by atoms with E-state index in [1.807, 2.05) is 0 Å². The predicted molar refractivity (Wildman–Crippen MR) is 60.9 cm³/mol. The maximum Gasteiger partial charge on any atom is 0.253 e. The van der Waals surface area contributed by atoms with Crippen LogP contribution >= 0.6 is 0 Å². The zero-order valence-electron chi connectivity index (χ0n) is 9.76. The highest BCUT2D eigenvalue weighted by molar-refractivity contribution is 5.83. The van der Waals surface area contributed by atoms with Crippen LogP contribution in [0.1, 0.15) is 19.3 Å². The summed E-state index contributed by atoms with van der Waals surface area (Å²) in [4.78, 5) is 24.7. The van der Waals surface area contributed by atoms with Gasteiger partial charge in [0.15, 0.2) is 0 Å². The Bertz CT molecular complexity index is 317. The molecular formula is C11H19N3O3. The SMILES string of the molecule is NC(C[C@@H]1CCNC1=O)C(O)C(=O)N1CCC1. The molecule has 0 spiro atoms. The minimum atomic E-state index is -1.18. The summed E-state index contributed by atoms with van der Waals surface area (Å²) in [6.45, 7) is 2.06. The van der Waals surface area contributed by atoms with Gasteiger partial charge in [0.05, 0.1) is 0 Å². The Labute approximate surface area is 100 Å². The molecule has 0 aliphatic carbocycles. The molecule has 0 aromatic rings. The Morgan fingerprint density at radius 3 is 2.76 bits per heavy atom. The lowest BCUT2D eigenvalue weighted by atomic mass is 9.95. The summed E-state index contributed by atoms with van der Waals surface area (Å²) in [7, 11) is 0. The van der Waals surface area contributed by atoms with Crippen LogP contribution in [0.15, 0.2) is 0 Å². The van der Waals surface area contributed by atoms with E-state index in [4.69, 9.17) is 5.73 Å². The number of nitrogens with two attached hydrogens (primary N) is 1. The van der Waals surface area contributed by atoms with Crippen LogP contribution in [0.3, 0.4) is 0 Å². The summed E-state index contributed by atoms with van der Waals surface area (Å²) in [6.07, 6.45) is 0.909. The van der Waals surface area contributed by atoms with Crippen LogP contribution in [0, 0.1) is 5.92 Å². The van der Waals surface area contributed by atoms with Crippen LogP contribution < -0.4 is 11.1 Å². The number of carbonyl (C=O) groups excluding carboxylic acids is 2. The Kier molecular flexibility index (Phi) is 3.63. The number of aliphatic hydroxyl groups is 1. The highest BCUT2D eigenvalue weighted by Gasteiger charge is 2.34. The number of rotatable bonds is 4. The largest absolute Gasteiger partial charge is 0.382 e. The molecule has 0 radical (unpaired) electrons. The van der Waals surface area contributed by atoms with Crippen LogP contribution in [0.5, 0.6) is 0 Å². The number of hydrogen-bond donors (Lipinski definition) is 3. The molecule has 2 amide bonds. The molecule has 4 N–H and O–H groups in total. The molecule has 2 saturated heterocycles. The summed E-state index contributed by atoms with van der Waals surface area (Å²) in [5.74, 6) is -0.491. The van der Waals surface area contributed by atoms with Gasteiger partial charge in [-0.15, -0.1) is 0 Å². The predicted octanol–water partition coefficient (Wildman–Crippen LogP) is -1.57. The van der Waals surface area contributed by atoms with Gasteiger partial charge in [0.1, 0.15) is 6.10 Å². The maximum atomic E-state index is 11.7. The Balaban J connectivity index is 1.83. The average molecular weight is 241 g/mol. The first-order valence-corrected chi connectivity index (χ1v) is 6.09. The van der Waals surface area contributed by atoms with Gasteiger partial charge in [-0.3, -0.25) is 9.59 Å². The van der Waals surface area contributed by atoms with Gasteiger partial charge in [-0.25, -0.2) is 0 Å². The standard InChI is InChI=1S/C11H19N3O3/c12-8(6-7-2-3-13-10(7)16)9(15)11(17)14-4-1-5-14/h7-9,15H,1-6,12H2,(H,13,16)/t7-,8?,9?/m0/s1. The van der Waals surface area contributed by atoms with Gasteiger partial charge in [0.25, 0.3) is 5.91 Å². The molecule has 96 valence electrons. The van der Waals surface area contributed by atoms with Crippen LogP contribution in [0.4, 0.5) is 0 Å². The highest BCUT2D eigenvalue weighted by Crippen LogP contribution is 2.18. The molecule has 2 aliphatic rings. The molecule has 2 heterocycles. The maximum absolute atomic E-state index is 11.7.